The fraction of sp³-hybridized carbons (Fsp3) is 0.261. The smallest absolute Gasteiger partial charge is 0.337 e. The molecule has 1 saturated heterocycles. The molecule has 4 rings (SSSR count). The summed E-state index contributed by atoms with van der Waals surface area (Å²) < 4.78 is 5.67. The van der Waals surface area contributed by atoms with Crippen LogP contribution in [0, 0.1) is 0 Å². The number of benzene rings is 1. The summed E-state index contributed by atoms with van der Waals surface area (Å²) in [5.41, 5.74) is 6.19. The third-order valence-corrected chi connectivity index (χ3v) is 6.21. The number of nitrogen functional groups attached to an aromatic ring is 1. The number of hydrogen-bond acceptors (Lipinski definition) is 8. The fourth-order valence-corrected chi connectivity index (χ4v) is 4.59. The van der Waals surface area contributed by atoms with E-state index in [4.69, 9.17) is 28.9 Å². The van der Waals surface area contributed by atoms with Gasteiger partial charge in [-0.15, -0.1) is 0 Å². The van der Waals surface area contributed by atoms with Crippen molar-refractivity contribution in [2.75, 3.05) is 24.7 Å². The molecule has 0 spiro atoms. The van der Waals surface area contributed by atoms with Gasteiger partial charge in [-0.25, -0.2) is 9.78 Å². The average molecular weight is 517 g/mol. The van der Waals surface area contributed by atoms with Crippen LogP contribution in [0.25, 0.3) is 5.69 Å². The van der Waals surface area contributed by atoms with Crippen LogP contribution in [-0.2, 0) is 4.74 Å². The van der Waals surface area contributed by atoms with Gasteiger partial charge in [-0.1, -0.05) is 29.6 Å². The van der Waals surface area contributed by atoms with Crippen LogP contribution < -0.4 is 21.9 Å². The molecule has 2 aromatic heterocycles. The lowest BCUT2D eigenvalue weighted by Crippen LogP contribution is -2.31. The van der Waals surface area contributed by atoms with Crippen LogP contribution in [0.1, 0.15) is 51.6 Å². The maximum atomic E-state index is 13.3. The molecule has 3 aromatic rings. The second-order valence-electron chi connectivity index (χ2n) is 7.92. The molecule has 0 aliphatic carbocycles. The van der Waals surface area contributed by atoms with Gasteiger partial charge in [-0.05, 0) is 43.1 Å². The molecule has 182 valence electrons. The number of nitrogens with two attached hydrogens (primary N) is 1. The lowest BCUT2D eigenvalue weighted by molar-refractivity contribution is 0.0600. The van der Waals surface area contributed by atoms with Crippen molar-refractivity contribution >= 4 is 46.6 Å². The van der Waals surface area contributed by atoms with Gasteiger partial charge >= 0.3 is 5.97 Å². The number of anilines is 2. The molecule has 12 heteroatoms. The minimum atomic E-state index is -0.789. The number of methoxy groups -OCH3 is 1. The van der Waals surface area contributed by atoms with E-state index in [0.717, 1.165) is 42.3 Å². The Morgan fingerprint density at radius 1 is 1.20 bits per heavy atom. The number of carbonyl (C=O) groups is 2. The van der Waals surface area contributed by atoms with Crippen molar-refractivity contribution in [2.45, 2.75) is 25.3 Å². The van der Waals surface area contributed by atoms with Crippen molar-refractivity contribution in [3.8, 4) is 5.69 Å². The van der Waals surface area contributed by atoms with Gasteiger partial charge in [0.15, 0.2) is 0 Å². The maximum Gasteiger partial charge on any atom is 0.337 e. The molecule has 35 heavy (non-hydrogen) atoms. The van der Waals surface area contributed by atoms with Crippen molar-refractivity contribution in [1.82, 2.24) is 19.9 Å². The van der Waals surface area contributed by atoms with Crippen LogP contribution in [0.4, 0.5) is 11.5 Å². The minimum absolute atomic E-state index is 0.0187. The maximum absolute atomic E-state index is 13.3. The molecule has 3 heterocycles. The second kappa shape index (κ2) is 10.4. The van der Waals surface area contributed by atoms with E-state index >= 15 is 0 Å². The average Bonchev–Trinajstić information content (AvgIpc) is 2.85. The SMILES string of the molecule is COC(=O)c1cc(Cl)c(-n2cnc(N)c(C(=O)Nc3cncc([C@@H]4CCCCN4)c3)c2=O)c(Cl)c1. The van der Waals surface area contributed by atoms with Crippen molar-refractivity contribution in [3.63, 3.8) is 0 Å². The van der Waals surface area contributed by atoms with Crippen LogP contribution in [0.5, 0.6) is 0 Å². The van der Waals surface area contributed by atoms with Gasteiger partial charge in [0.2, 0.25) is 0 Å². The van der Waals surface area contributed by atoms with Gasteiger partial charge in [-0.2, -0.15) is 0 Å². The van der Waals surface area contributed by atoms with Crippen LogP contribution in [0.3, 0.4) is 0 Å². The van der Waals surface area contributed by atoms with E-state index in [1.807, 2.05) is 0 Å². The first-order chi connectivity index (χ1) is 16.8. The Bertz CT molecular complexity index is 1330. The first-order valence-electron chi connectivity index (χ1n) is 10.7. The normalized spacial score (nSPS) is 15.5. The Kier molecular flexibility index (Phi) is 7.34. The summed E-state index contributed by atoms with van der Waals surface area (Å²) in [7, 11) is 1.22. The molecule has 0 radical (unpaired) electrons. The Morgan fingerprint density at radius 3 is 2.60 bits per heavy atom. The highest BCUT2D eigenvalue weighted by atomic mass is 35.5. The summed E-state index contributed by atoms with van der Waals surface area (Å²) in [6.45, 7) is 0.915. The summed E-state index contributed by atoms with van der Waals surface area (Å²) in [6, 6.07) is 4.55. The Hall–Kier alpha value is -3.47. The van der Waals surface area contributed by atoms with E-state index in [1.165, 1.54) is 25.4 Å². The number of esters is 1. The van der Waals surface area contributed by atoms with Crippen LogP contribution in [-0.4, -0.2) is 40.1 Å². The predicted molar refractivity (Wildman–Crippen MR) is 132 cm³/mol. The summed E-state index contributed by atoms with van der Waals surface area (Å²) in [4.78, 5) is 46.3. The van der Waals surface area contributed by atoms with Gasteiger partial charge in [0.1, 0.15) is 17.7 Å². The Balaban J connectivity index is 1.67. The van der Waals surface area contributed by atoms with E-state index < -0.39 is 23.0 Å². The lowest BCUT2D eigenvalue weighted by atomic mass is 9.99. The zero-order valence-corrected chi connectivity index (χ0v) is 20.2. The third kappa shape index (κ3) is 5.14. The highest BCUT2D eigenvalue weighted by molar-refractivity contribution is 6.38. The molecular formula is C23H22Cl2N6O4. The van der Waals surface area contributed by atoms with E-state index in [2.05, 4.69) is 25.3 Å². The van der Waals surface area contributed by atoms with E-state index in [1.54, 1.807) is 12.3 Å². The molecule has 0 bridgehead atoms. The molecule has 0 saturated carbocycles. The van der Waals surface area contributed by atoms with Gasteiger partial charge < -0.3 is 21.1 Å². The molecule has 10 nitrogen and oxygen atoms in total. The van der Waals surface area contributed by atoms with Gasteiger partial charge in [0, 0.05) is 12.2 Å². The van der Waals surface area contributed by atoms with Crippen molar-refractivity contribution in [1.29, 1.82) is 0 Å². The number of pyridine rings is 1. The molecule has 1 fully saturated rings. The number of aromatic nitrogens is 3. The lowest BCUT2D eigenvalue weighted by Gasteiger charge is -2.23. The van der Waals surface area contributed by atoms with Crippen molar-refractivity contribution in [2.24, 2.45) is 0 Å². The number of halogens is 2. The Morgan fingerprint density at radius 2 is 1.94 bits per heavy atom. The number of rotatable bonds is 5. The number of carbonyl (C=O) groups excluding carboxylic acids is 2. The number of nitrogens with zero attached hydrogens (tertiary/aromatic N) is 3. The fourth-order valence-electron chi connectivity index (χ4n) is 3.92. The number of hydrogen-bond donors (Lipinski definition) is 3. The number of ether oxygens (including phenoxy) is 1. The molecule has 0 unspecified atom stereocenters. The van der Waals surface area contributed by atoms with Crippen molar-refractivity contribution < 1.29 is 14.3 Å². The summed E-state index contributed by atoms with van der Waals surface area (Å²) >= 11 is 12.6. The largest absolute Gasteiger partial charge is 0.465 e. The molecule has 1 aliphatic rings. The van der Waals surface area contributed by atoms with E-state index in [-0.39, 0.29) is 33.2 Å². The van der Waals surface area contributed by atoms with Crippen LogP contribution in [0.15, 0.2) is 41.7 Å². The highest BCUT2D eigenvalue weighted by Gasteiger charge is 2.23. The summed E-state index contributed by atoms with van der Waals surface area (Å²) in [5.74, 6) is -1.67. The molecular weight excluding hydrogens is 495 g/mol. The second-order valence-corrected chi connectivity index (χ2v) is 8.74. The van der Waals surface area contributed by atoms with E-state index in [9.17, 15) is 14.4 Å². The quantitative estimate of drug-likeness (QED) is 0.438. The number of amides is 1. The van der Waals surface area contributed by atoms with Crippen LogP contribution in [0.2, 0.25) is 10.0 Å². The monoisotopic (exact) mass is 516 g/mol. The molecule has 1 aromatic carbocycles. The molecule has 1 atom stereocenters. The van der Waals surface area contributed by atoms with Crippen molar-refractivity contribution in [3.05, 3.63) is 74.0 Å². The Labute approximate surface area is 210 Å². The summed E-state index contributed by atoms with van der Waals surface area (Å²) in [6.07, 6.45) is 7.52. The molecule has 1 amide bonds. The predicted octanol–water partition coefficient (Wildman–Crippen LogP) is 3.37. The standard InChI is InChI=1S/C23H22Cl2N6O4/c1-35-23(34)12-7-15(24)19(16(25)8-12)31-11-29-20(26)18(22(31)33)21(32)30-14-6-13(9-27-10-14)17-4-2-3-5-28-17/h6-11,17,28H,2-5,26H2,1H3,(H,30,32)/t17-/m0/s1. The molecule has 1 aliphatic heterocycles. The zero-order valence-electron chi connectivity index (χ0n) is 18.7. The van der Waals surface area contributed by atoms with Crippen LogP contribution >= 0.6 is 23.2 Å². The molecule has 4 N–H and O–H groups in total. The third-order valence-electron chi connectivity index (χ3n) is 5.64. The minimum Gasteiger partial charge on any atom is -0.465 e. The first-order valence-corrected chi connectivity index (χ1v) is 11.5. The highest BCUT2D eigenvalue weighted by Crippen LogP contribution is 2.30. The van der Waals surface area contributed by atoms with Gasteiger partial charge in [0.05, 0.1) is 40.3 Å². The number of nitrogens with one attached hydrogen (secondary N) is 2. The summed E-state index contributed by atoms with van der Waals surface area (Å²) in [5, 5.41) is 6.06. The number of piperidine rings is 1. The van der Waals surface area contributed by atoms with Gasteiger partial charge in [-0.3, -0.25) is 19.1 Å². The topological polar surface area (TPSA) is 141 Å². The van der Waals surface area contributed by atoms with Gasteiger partial charge in [0.25, 0.3) is 11.5 Å². The zero-order chi connectivity index (χ0) is 25.1. The van der Waals surface area contributed by atoms with E-state index in [0.29, 0.717) is 5.69 Å². The first kappa shape index (κ1) is 24.6.